The SMILES string of the molecule is CCCN(CC(F)(F)F)c1ccc(C(=N)N)c(Br)c1. The largest absolute Gasteiger partial charge is 0.405 e. The van der Waals surface area contributed by atoms with Gasteiger partial charge in [0.15, 0.2) is 0 Å². The number of nitrogens with one attached hydrogen (secondary N) is 1. The molecule has 0 radical (unpaired) electrons. The van der Waals surface area contributed by atoms with Crippen LogP contribution in [0.25, 0.3) is 0 Å². The topological polar surface area (TPSA) is 53.1 Å². The van der Waals surface area contributed by atoms with Gasteiger partial charge in [-0.2, -0.15) is 13.2 Å². The van der Waals surface area contributed by atoms with Crippen molar-refractivity contribution < 1.29 is 13.2 Å². The summed E-state index contributed by atoms with van der Waals surface area (Å²) in [5, 5.41) is 7.33. The molecule has 0 unspecified atom stereocenters. The van der Waals surface area contributed by atoms with E-state index in [4.69, 9.17) is 11.1 Å². The number of hydrogen-bond acceptors (Lipinski definition) is 2. The van der Waals surface area contributed by atoms with Crippen molar-refractivity contribution in [1.29, 1.82) is 5.41 Å². The lowest BCUT2D eigenvalue weighted by molar-refractivity contribution is -0.119. The van der Waals surface area contributed by atoms with E-state index < -0.39 is 12.7 Å². The Morgan fingerprint density at radius 3 is 2.47 bits per heavy atom. The predicted octanol–water partition coefficient (Wildman–Crippen LogP) is 3.51. The van der Waals surface area contributed by atoms with Crippen molar-refractivity contribution in [2.45, 2.75) is 19.5 Å². The quantitative estimate of drug-likeness (QED) is 0.638. The molecule has 0 bridgehead atoms. The van der Waals surface area contributed by atoms with Crippen molar-refractivity contribution >= 4 is 27.5 Å². The fourth-order valence-electron chi connectivity index (χ4n) is 1.70. The van der Waals surface area contributed by atoms with Crippen LogP contribution in [0.1, 0.15) is 18.9 Å². The Bertz CT molecular complexity index is 460. The highest BCUT2D eigenvalue weighted by Gasteiger charge is 2.30. The van der Waals surface area contributed by atoms with Gasteiger partial charge in [0.2, 0.25) is 0 Å². The molecule has 0 aliphatic heterocycles. The molecule has 1 aromatic carbocycles. The molecular weight excluding hydrogens is 323 g/mol. The normalized spacial score (nSPS) is 11.4. The Morgan fingerprint density at radius 2 is 2.05 bits per heavy atom. The summed E-state index contributed by atoms with van der Waals surface area (Å²) in [4.78, 5) is 1.26. The highest BCUT2D eigenvalue weighted by atomic mass is 79.9. The Balaban J connectivity index is 3.03. The Labute approximate surface area is 118 Å². The third-order valence-corrected chi connectivity index (χ3v) is 3.13. The molecule has 0 fully saturated rings. The van der Waals surface area contributed by atoms with Crippen molar-refractivity contribution in [2.75, 3.05) is 18.0 Å². The first-order valence-corrected chi connectivity index (χ1v) is 6.49. The molecule has 0 saturated carbocycles. The fraction of sp³-hybridized carbons (Fsp3) is 0.417. The standard InChI is InChI=1S/C12H15BrF3N3/c1-2-5-19(7-12(14,15)16)8-3-4-9(11(17)18)10(13)6-8/h3-4,6H,2,5,7H2,1H3,(H3,17,18). The molecule has 7 heteroatoms. The Hall–Kier alpha value is -1.24. The molecule has 1 aromatic rings. The molecule has 0 atom stereocenters. The predicted molar refractivity (Wildman–Crippen MR) is 73.7 cm³/mol. The molecule has 1 rings (SSSR count). The van der Waals surface area contributed by atoms with Gasteiger partial charge in [-0.3, -0.25) is 5.41 Å². The molecule has 3 N–H and O–H groups in total. The van der Waals surface area contributed by atoms with Gasteiger partial charge in [-0.1, -0.05) is 6.92 Å². The minimum atomic E-state index is -4.25. The van der Waals surface area contributed by atoms with Gasteiger partial charge in [0.1, 0.15) is 12.4 Å². The van der Waals surface area contributed by atoms with Crippen molar-refractivity contribution in [3.63, 3.8) is 0 Å². The second-order valence-corrected chi connectivity index (χ2v) is 4.97. The molecule has 0 saturated heterocycles. The Kier molecular flexibility index (Phi) is 5.22. The maximum Gasteiger partial charge on any atom is 0.405 e. The van der Waals surface area contributed by atoms with Crippen LogP contribution in [0, 0.1) is 5.41 Å². The Morgan fingerprint density at radius 1 is 1.42 bits per heavy atom. The summed E-state index contributed by atoms with van der Waals surface area (Å²) in [5.41, 5.74) is 6.28. The first-order chi connectivity index (χ1) is 8.74. The molecule has 0 spiro atoms. The van der Waals surface area contributed by atoms with E-state index in [1.54, 1.807) is 18.2 Å². The summed E-state index contributed by atoms with van der Waals surface area (Å²) in [6.45, 7) is 1.14. The van der Waals surface area contributed by atoms with Crippen LogP contribution >= 0.6 is 15.9 Å². The van der Waals surface area contributed by atoms with Gasteiger partial charge in [-0.25, -0.2) is 0 Å². The van der Waals surface area contributed by atoms with Crippen molar-refractivity contribution in [2.24, 2.45) is 5.73 Å². The first-order valence-electron chi connectivity index (χ1n) is 5.70. The van der Waals surface area contributed by atoms with Crippen LogP contribution in [0.2, 0.25) is 0 Å². The number of benzene rings is 1. The van der Waals surface area contributed by atoms with E-state index in [2.05, 4.69) is 15.9 Å². The maximum absolute atomic E-state index is 12.5. The maximum atomic E-state index is 12.5. The number of anilines is 1. The second kappa shape index (κ2) is 6.27. The molecule has 0 heterocycles. The number of nitrogens with zero attached hydrogens (tertiary/aromatic N) is 1. The molecule has 0 aliphatic rings. The van der Waals surface area contributed by atoms with Crippen molar-refractivity contribution in [3.05, 3.63) is 28.2 Å². The zero-order valence-corrected chi connectivity index (χ0v) is 12.0. The number of rotatable bonds is 5. The molecule has 19 heavy (non-hydrogen) atoms. The summed E-state index contributed by atoms with van der Waals surface area (Å²) in [7, 11) is 0. The van der Waals surface area contributed by atoms with Gasteiger partial charge in [0, 0.05) is 22.3 Å². The van der Waals surface area contributed by atoms with Crippen molar-refractivity contribution in [1.82, 2.24) is 0 Å². The summed E-state index contributed by atoms with van der Waals surface area (Å²) in [5.74, 6) is -0.128. The highest BCUT2D eigenvalue weighted by Crippen LogP contribution is 2.27. The summed E-state index contributed by atoms with van der Waals surface area (Å²) in [6.07, 6.45) is -3.64. The van der Waals surface area contributed by atoms with E-state index in [1.165, 1.54) is 4.90 Å². The van der Waals surface area contributed by atoms with Crippen LogP contribution in [0.15, 0.2) is 22.7 Å². The number of alkyl halides is 3. The monoisotopic (exact) mass is 337 g/mol. The summed E-state index contributed by atoms with van der Waals surface area (Å²) >= 11 is 3.22. The van der Waals surface area contributed by atoms with Gasteiger partial charge in [0.25, 0.3) is 0 Å². The molecule has 0 aromatic heterocycles. The lowest BCUT2D eigenvalue weighted by Crippen LogP contribution is -2.34. The third kappa shape index (κ3) is 4.74. The lowest BCUT2D eigenvalue weighted by Gasteiger charge is -2.26. The molecule has 106 valence electrons. The van der Waals surface area contributed by atoms with Crippen LogP contribution in [0.3, 0.4) is 0 Å². The van der Waals surface area contributed by atoms with E-state index >= 15 is 0 Å². The molecule has 0 aliphatic carbocycles. The molecular formula is C12H15BrF3N3. The van der Waals surface area contributed by atoms with E-state index in [0.717, 1.165) is 0 Å². The van der Waals surface area contributed by atoms with Gasteiger partial charge in [-0.15, -0.1) is 0 Å². The van der Waals surface area contributed by atoms with Gasteiger partial charge < -0.3 is 10.6 Å². The number of halogens is 4. The van der Waals surface area contributed by atoms with Crippen LogP contribution in [-0.2, 0) is 0 Å². The number of amidine groups is 1. The minimum absolute atomic E-state index is 0.128. The van der Waals surface area contributed by atoms with E-state index in [9.17, 15) is 13.2 Å². The molecule has 0 amide bonds. The zero-order chi connectivity index (χ0) is 14.6. The van der Waals surface area contributed by atoms with Crippen molar-refractivity contribution in [3.8, 4) is 0 Å². The number of hydrogen-bond donors (Lipinski definition) is 2. The van der Waals surface area contributed by atoms with Crippen LogP contribution < -0.4 is 10.6 Å². The van der Waals surface area contributed by atoms with Gasteiger partial charge >= 0.3 is 6.18 Å². The fourth-order valence-corrected chi connectivity index (χ4v) is 2.29. The zero-order valence-electron chi connectivity index (χ0n) is 10.4. The second-order valence-electron chi connectivity index (χ2n) is 4.11. The first kappa shape index (κ1) is 15.8. The number of nitrogens with two attached hydrogens (primary N) is 1. The highest BCUT2D eigenvalue weighted by molar-refractivity contribution is 9.10. The third-order valence-electron chi connectivity index (χ3n) is 2.47. The van der Waals surface area contributed by atoms with Gasteiger partial charge in [-0.05, 0) is 40.5 Å². The average Bonchev–Trinajstić information content (AvgIpc) is 2.26. The van der Waals surface area contributed by atoms with E-state index in [1.807, 2.05) is 6.92 Å². The molecule has 3 nitrogen and oxygen atoms in total. The van der Waals surface area contributed by atoms with Crippen LogP contribution in [0.5, 0.6) is 0 Å². The number of nitrogen functional groups attached to an aromatic ring is 1. The van der Waals surface area contributed by atoms with E-state index in [0.29, 0.717) is 28.7 Å². The summed E-state index contributed by atoms with van der Waals surface area (Å²) < 4.78 is 38.1. The van der Waals surface area contributed by atoms with Crippen LogP contribution in [-0.4, -0.2) is 25.1 Å². The van der Waals surface area contributed by atoms with E-state index in [-0.39, 0.29) is 5.84 Å². The lowest BCUT2D eigenvalue weighted by atomic mass is 10.1. The average molecular weight is 338 g/mol. The minimum Gasteiger partial charge on any atom is -0.384 e. The summed E-state index contributed by atoms with van der Waals surface area (Å²) in [6, 6.07) is 4.64. The van der Waals surface area contributed by atoms with Crippen LogP contribution in [0.4, 0.5) is 18.9 Å². The smallest absolute Gasteiger partial charge is 0.384 e. The van der Waals surface area contributed by atoms with Gasteiger partial charge in [0.05, 0.1) is 0 Å².